The quantitative estimate of drug-likeness (QED) is 0.879. The first kappa shape index (κ1) is 12.9. The van der Waals surface area contributed by atoms with Crippen molar-refractivity contribution in [2.45, 2.75) is 18.9 Å². The summed E-state index contributed by atoms with van der Waals surface area (Å²) in [6.45, 7) is 0.608. The molecule has 2 aromatic carbocycles. The maximum absolute atomic E-state index is 12.5. The Morgan fingerprint density at radius 1 is 1.25 bits per heavy atom. The van der Waals surface area contributed by atoms with E-state index in [-0.39, 0.29) is 24.3 Å². The topological polar surface area (TPSA) is 60.8 Å². The number of carbonyl (C=O) groups excluding carboxylic acids is 1. The molecule has 1 amide bonds. The minimum absolute atomic E-state index is 0.0247. The first-order chi connectivity index (χ1) is 9.72. The van der Waals surface area contributed by atoms with Gasteiger partial charge in [0.2, 0.25) is 0 Å². The molecule has 4 heteroatoms. The lowest BCUT2D eigenvalue weighted by Crippen LogP contribution is -2.37. The van der Waals surface area contributed by atoms with Crippen LogP contribution in [0.1, 0.15) is 23.2 Å². The summed E-state index contributed by atoms with van der Waals surface area (Å²) in [5.74, 6) is -0.179. The average molecular weight is 271 g/mol. The molecule has 20 heavy (non-hydrogen) atoms. The van der Waals surface area contributed by atoms with E-state index in [1.807, 2.05) is 24.3 Å². The molecular formula is C16H17NO3. The van der Waals surface area contributed by atoms with Crippen molar-refractivity contribution in [2.75, 3.05) is 13.2 Å². The van der Waals surface area contributed by atoms with Crippen LogP contribution < -0.4 is 0 Å². The van der Waals surface area contributed by atoms with E-state index in [2.05, 4.69) is 0 Å². The van der Waals surface area contributed by atoms with Crippen molar-refractivity contribution in [2.24, 2.45) is 0 Å². The first-order valence-corrected chi connectivity index (χ1v) is 6.85. The van der Waals surface area contributed by atoms with Gasteiger partial charge in [-0.25, -0.2) is 0 Å². The summed E-state index contributed by atoms with van der Waals surface area (Å²) < 4.78 is 0. The summed E-state index contributed by atoms with van der Waals surface area (Å²) in [6, 6.07) is 10.8. The van der Waals surface area contributed by atoms with Gasteiger partial charge >= 0.3 is 0 Å². The van der Waals surface area contributed by atoms with Crippen molar-refractivity contribution >= 4 is 16.7 Å². The molecule has 2 aromatic rings. The molecule has 3 rings (SSSR count). The molecule has 2 N–H and O–H groups in total. The minimum Gasteiger partial charge on any atom is -0.506 e. The largest absolute Gasteiger partial charge is 0.506 e. The number of aliphatic hydroxyl groups is 1. The molecule has 4 nitrogen and oxygen atoms in total. The van der Waals surface area contributed by atoms with Crippen molar-refractivity contribution in [3.8, 4) is 5.75 Å². The number of benzene rings is 2. The predicted molar refractivity (Wildman–Crippen MR) is 76.8 cm³/mol. The molecule has 1 heterocycles. The molecule has 0 bridgehead atoms. The Labute approximate surface area is 117 Å². The summed E-state index contributed by atoms with van der Waals surface area (Å²) in [6.07, 6.45) is 1.71. The van der Waals surface area contributed by atoms with E-state index >= 15 is 0 Å². The number of carbonyl (C=O) groups is 1. The van der Waals surface area contributed by atoms with E-state index in [4.69, 9.17) is 0 Å². The van der Waals surface area contributed by atoms with Gasteiger partial charge in [0.15, 0.2) is 0 Å². The van der Waals surface area contributed by atoms with Crippen LogP contribution in [0.3, 0.4) is 0 Å². The number of hydrogen-bond acceptors (Lipinski definition) is 3. The van der Waals surface area contributed by atoms with Crippen LogP contribution in [0, 0.1) is 0 Å². The molecule has 0 aromatic heterocycles. The summed E-state index contributed by atoms with van der Waals surface area (Å²) in [5, 5.41) is 21.2. The Hall–Kier alpha value is -2.07. The highest BCUT2D eigenvalue weighted by Crippen LogP contribution is 2.31. The van der Waals surface area contributed by atoms with Crippen LogP contribution in [0.5, 0.6) is 5.75 Å². The van der Waals surface area contributed by atoms with Crippen LogP contribution in [-0.2, 0) is 0 Å². The molecule has 1 aliphatic rings. The number of rotatable bonds is 2. The number of phenols is 1. The molecule has 1 atom stereocenters. The number of phenolic OH excluding ortho intramolecular Hbond substituents is 1. The van der Waals surface area contributed by atoms with Crippen molar-refractivity contribution < 1.29 is 15.0 Å². The van der Waals surface area contributed by atoms with Crippen molar-refractivity contribution in [1.29, 1.82) is 0 Å². The third-order valence-electron chi connectivity index (χ3n) is 3.98. The highest BCUT2D eigenvalue weighted by atomic mass is 16.3. The zero-order valence-electron chi connectivity index (χ0n) is 11.1. The number of likely N-dealkylation sites (tertiary alicyclic amines) is 1. The fourth-order valence-corrected chi connectivity index (χ4v) is 2.88. The van der Waals surface area contributed by atoms with Gasteiger partial charge in [0.1, 0.15) is 5.75 Å². The Balaban J connectivity index is 2.01. The number of aromatic hydroxyl groups is 1. The van der Waals surface area contributed by atoms with Crippen LogP contribution >= 0.6 is 0 Å². The lowest BCUT2D eigenvalue weighted by atomic mass is 10.0. The van der Waals surface area contributed by atoms with E-state index in [1.54, 1.807) is 17.0 Å². The number of nitrogens with zero attached hydrogens (tertiary/aromatic N) is 1. The zero-order valence-corrected chi connectivity index (χ0v) is 11.1. The third-order valence-corrected chi connectivity index (χ3v) is 3.98. The smallest absolute Gasteiger partial charge is 0.257 e. The monoisotopic (exact) mass is 271 g/mol. The van der Waals surface area contributed by atoms with Gasteiger partial charge in [-0.1, -0.05) is 30.3 Å². The summed E-state index contributed by atoms with van der Waals surface area (Å²) in [5.41, 5.74) is 0.309. The fraction of sp³-hybridized carbons (Fsp3) is 0.312. The van der Waals surface area contributed by atoms with Crippen molar-refractivity contribution in [1.82, 2.24) is 4.90 Å². The molecule has 1 aliphatic heterocycles. The van der Waals surface area contributed by atoms with Gasteiger partial charge in [-0.3, -0.25) is 4.79 Å². The fourth-order valence-electron chi connectivity index (χ4n) is 2.88. The summed E-state index contributed by atoms with van der Waals surface area (Å²) >= 11 is 0. The molecule has 1 unspecified atom stereocenters. The Bertz CT molecular complexity index is 653. The van der Waals surface area contributed by atoms with Gasteiger partial charge in [-0.15, -0.1) is 0 Å². The van der Waals surface area contributed by atoms with Crippen LogP contribution in [-0.4, -0.2) is 40.2 Å². The number of fused-ring (bicyclic) bond motifs is 1. The van der Waals surface area contributed by atoms with E-state index in [1.165, 1.54) is 0 Å². The van der Waals surface area contributed by atoms with E-state index < -0.39 is 0 Å². The minimum atomic E-state index is -0.204. The summed E-state index contributed by atoms with van der Waals surface area (Å²) in [4.78, 5) is 14.2. The normalized spacial score (nSPS) is 18.6. The maximum Gasteiger partial charge on any atom is 0.257 e. The molecule has 0 radical (unpaired) electrons. The third kappa shape index (κ3) is 2.02. The van der Waals surface area contributed by atoms with Gasteiger partial charge in [-0.2, -0.15) is 0 Å². The van der Waals surface area contributed by atoms with Crippen molar-refractivity contribution in [3.05, 3.63) is 42.0 Å². The Morgan fingerprint density at radius 2 is 2.05 bits per heavy atom. The molecule has 1 saturated heterocycles. The van der Waals surface area contributed by atoms with Crippen molar-refractivity contribution in [3.63, 3.8) is 0 Å². The second-order valence-corrected chi connectivity index (χ2v) is 5.16. The van der Waals surface area contributed by atoms with Gasteiger partial charge < -0.3 is 15.1 Å². The number of amides is 1. The Kier molecular flexibility index (Phi) is 3.32. The Morgan fingerprint density at radius 3 is 2.85 bits per heavy atom. The number of aliphatic hydroxyl groups excluding tert-OH is 1. The van der Waals surface area contributed by atoms with E-state index in [9.17, 15) is 15.0 Å². The van der Waals surface area contributed by atoms with Gasteiger partial charge in [0.25, 0.3) is 5.91 Å². The highest BCUT2D eigenvalue weighted by molar-refractivity contribution is 6.03. The zero-order chi connectivity index (χ0) is 14.1. The van der Waals surface area contributed by atoms with Crippen LogP contribution in [0.2, 0.25) is 0 Å². The SMILES string of the molecule is O=C(c1ccc2ccccc2c1O)N1CCCC1CO. The van der Waals surface area contributed by atoms with Crippen LogP contribution in [0.25, 0.3) is 10.8 Å². The van der Waals surface area contributed by atoms with Crippen LogP contribution in [0.15, 0.2) is 36.4 Å². The molecule has 104 valence electrons. The molecular weight excluding hydrogens is 254 g/mol. The standard InChI is InChI=1S/C16H17NO3/c18-10-12-5-3-9-17(12)16(20)14-8-7-11-4-1-2-6-13(11)15(14)19/h1-2,4,6-8,12,18-19H,3,5,9-10H2. The van der Waals surface area contributed by atoms with Gasteiger partial charge in [0, 0.05) is 11.9 Å². The summed E-state index contributed by atoms with van der Waals surface area (Å²) in [7, 11) is 0. The molecule has 0 spiro atoms. The molecule has 1 fully saturated rings. The van der Waals surface area contributed by atoms with E-state index in [0.717, 1.165) is 18.2 Å². The maximum atomic E-state index is 12.5. The predicted octanol–water partition coefficient (Wildman–Crippen LogP) is 2.14. The lowest BCUT2D eigenvalue weighted by molar-refractivity contribution is 0.0675. The first-order valence-electron chi connectivity index (χ1n) is 6.85. The van der Waals surface area contributed by atoms with Gasteiger partial charge in [-0.05, 0) is 24.3 Å². The van der Waals surface area contributed by atoms with Gasteiger partial charge in [0.05, 0.1) is 18.2 Å². The average Bonchev–Trinajstić information content (AvgIpc) is 2.96. The molecule has 0 saturated carbocycles. The van der Waals surface area contributed by atoms with E-state index in [0.29, 0.717) is 17.5 Å². The van der Waals surface area contributed by atoms with Crippen LogP contribution in [0.4, 0.5) is 0 Å². The molecule has 0 aliphatic carbocycles. The lowest BCUT2D eigenvalue weighted by Gasteiger charge is -2.23. The second kappa shape index (κ2) is 5.13. The highest BCUT2D eigenvalue weighted by Gasteiger charge is 2.30. The second-order valence-electron chi connectivity index (χ2n) is 5.16. The number of hydrogen-bond donors (Lipinski definition) is 2.